The Morgan fingerprint density at radius 2 is 1.84 bits per heavy atom. The van der Waals surface area contributed by atoms with E-state index in [0.717, 1.165) is 17.4 Å². The van der Waals surface area contributed by atoms with E-state index in [2.05, 4.69) is 36.9 Å². The van der Waals surface area contributed by atoms with Gasteiger partial charge >= 0.3 is 6.18 Å². The Kier molecular flexibility index (Phi) is 6.04. The number of anilines is 1. The van der Waals surface area contributed by atoms with Crippen molar-refractivity contribution in [1.82, 2.24) is 4.90 Å². The number of nitrogens with zero attached hydrogens (tertiary/aromatic N) is 2. The molecule has 164 valence electrons. The minimum Gasteiger partial charge on any atom is -0.468 e. The number of alkyl halides is 3. The third-order valence-electron chi connectivity index (χ3n) is 5.97. The first-order valence-corrected chi connectivity index (χ1v) is 10.6. The lowest BCUT2D eigenvalue weighted by atomic mass is 9.97. The van der Waals surface area contributed by atoms with Crippen molar-refractivity contribution >= 4 is 17.3 Å². The van der Waals surface area contributed by atoms with Gasteiger partial charge in [0.05, 0.1) is 29.4 Å². The van der Waals surface area contributed by atoms with E-state index in [-0.39, 0.29) is 11.1 Å². The van der Waals surface area contributed by atoms with Crippen LogP contribution in [0.5, 0.6) is 0 Å². The Morgan fingerprint density at radius 3 is 2.52 bits per heavy atom. The van der Waals surface area contributed by atoms with Crippen molar-refractivity contribution in [2.75, 3.05) is 24.5 Å². The van der Waals surface area contributed by atoms with Crippen LogP contribution in [0.2, 0.25) is 5.02 Å². The maximum atomic E-state index is 13.4. The van der Waals surface area contributed by atoms with Gasteiger partial charge in [-0.1, -0.05) is 29.8 Å². The van der Waals surface area contributed by atoms with Crippen LogP contribution in [-0.4, -0.2) is 24.5 Å². The SMILES string of the molecule is Cc1ccc(C2CN(c3ccc(Cl)c(C(F)(F)F)c3)CCN2Cc2ccco2)cc1C. The van der Waals surface area contributed by atoms with Crippen LogP contribution in [0.1, 0.15) is 34.1 Å². The zero-order chi connectivity index (χ0) is 22.2. The van der Waals surface area contributed by atoms with E-state index in [1.807, 2.05) is 17.0 Å². The highest BCUT2D eigenvalue weighted by molar-refractivity contribution is 6.31. The normalized spacial score (nSPS) is 17.9. The highest BCUT2D eigenvalue weighted by Crippen LogP contribution is 2.38. The molecule has 3 nitrogen and oxygen atoms in total. The molecule has 1 atom stereocenters. The molecule has 3 aromatic rings. The van der Waals surface area contributed by atoms with Crippen molar-refractivity contribution in [3.63, 3.8) is 0 Å². The number of benzene rings is 2. The number of aryl methyl sites for hydroxylation is 2. The van der Waals surface area contributed by atoms with E-state index < -0.39 is 11.7 Å². The summed E-state index contributed by atoms with van der Waals surface area (Å²) in [6, 6.07) is 14.3. The molecule has 0 radical (unpaired) electrons. The predicted octanol–water partition coefficient (Wildman–Crippen LogP) is 6.63. The van der Waals surface area contributed by atoms with E-state index in [1.54, 1.807) is 12.3 Å². The molecule has 1 aromatic heterocycles. The smallest absolute Gasteiger partial charge is 0.417 e. The first kappa shape index (κ1) is 21.8. The van der Waals surface area contributed by atoms with Gasteiger partial charge in [-0.2, -0.15) is 13.2 Å². The van der Waals surface area contributed by atoms with E-state index >= 15 is 0 Å². The maximum absolute atomic E-state index is 13.4. The number of furan rings is 1. The lowest BCUT2D eigenvalue weighted by molar-refractivity contribution is -0.137. The fourth-order valence-corrected chi connectivity index (χ4v) is 4.29. The van der Waals surface area contributed by atoms with Crippen LogP contribution < -0.4 is 4.90 Å². The molecule has 0 spiro atoms. The van der Waals surface area contributed by atoms with Gasteiger partial charge in [-0.3, -0.25) is 4.90 Å². The van der Waals surface area contributed by atoms with Gasteiger partial charge < -0.3 is 9.32 Å². The van der Waals surface area contributed by atoms with Gasteiger partial charge in [0.2, 0.25) is 0 Å². The Bertz CT molecular complexity index is 1050. The van der Waals surface area contributed by atoms with E-state index in [1.165, 1.54) is 17.2 Å². The van der Waals surface area contributed by atoms with Crippen LogP contribution in [0.25, 0.3) is 0 Å². The molecule has 2 heterocycles. The number of hydrogen-bond acceptors (Lipinski definition) is 3. The van der Waals surface area contributed by atoms with Crippen molar-refractivity contribution in [2.24, 2.45) is 0 Å². The summed E-state index contributed by atoms with van der Waals surface area (Å²) < 4.78 is 45.7. The van der Waals surface area contributed by atoms with Gasteiger partial charge in [0.25, 0.3) is 0 Å². The van der Waals surface area contributed by atoms with E-state index in [0.29, 0.717) is 31.9 Å². The molecule has 1 aliphatic heterocycles. The minimum absolute atomic E-state index is 0.0168. The molecular formula is C24H24ClF3N2O. The van der Waals surface area contributed by atoms with Crippen molar-refractivity contribution in [2.45, 2.75) is 32.6 Å². The zero-order valence-electron chi connectivity index (χ0n) is 17.4. The molecule has 0 bridgehead atoms. The van der Waals surface area contributed by atoms with E-state index in [4.69, 9.17) is 16.0 Å². The summed E-state index contributed by atoms with van der Waals surface area (Å²) in [4.78, 5) is 4.32. The summed E-state index contributed by atoms with van der Waals surface area (Å²) in [7, 11) is 0. The lowest BCUT2D eigenvalue weighted by Gasteiger charge is -2.42. The summed E-state index contributed by atoms with van der Waals surface area (Å²) in [5, 5.41) is -0.279. The Balaban J connectivity index is 1.65. The van der Waals surface area contributed by atoms with Crippen molar-refractivity contribution in [3.05, 3.63) is 87.8 Å². The largest absolute Gasteiger partial charge is 0.468 e. The molecule has 0 N–H and O–H groups in total. The quantitative estimate of drug-likeness (QED) is 0.446. The second-order valence-electron chi connectivity index (χ2n) is 8.02. The predicted molar refractivity (Wildman–Crippen MR) is 116 cm³/mol. The molecule has 0 amide bonds. The average molecular weight is 449 g/mol. The second kappa shape index (κ2) is 8.60. The molecule has 2 aromatic carbocycles. The average Bonchev–Trinajstić information content (AvgIpc) is 3.23. The van der Waals surface area contributed by atoms with Crippen LogP contribution in [0, 0.1) is 13.8 Å². The molecule has 0 saturated carbocycles. The number of halogens is 4. The number of hydrogen-bond donors (Lipinski definition) is 0. The standard InChI is InChI=1S/C24H24ClF3N2O/c1-16-5-6-18(12-17(16)2)23-15-29(9-10-30(23)14-20-4-3-11-31-20)19-7-8-22(25)21(13-19)24(26,27)28/h3-8,11-13,23H,9-10,14-15H2,1-2H3. The second-order valence-corrected chi connectivity index (χ2v) is 8.42. The first-order valence-electron chi connectivity index (χ1n) is 10.2. The maximum Gasteiger partial charge on any atom is 0.417 e. The van der Waals surface area contributed by atoms with Crippen LogP contribution >= 0.6 is 11.6 Å². The van der Waals surface area contributed by atoms with E-state index in [9.17, 15) is 13.2 Å². The summed E-state index contributed by atoms with van der Waals surface area (Å²) >= 11 is 5.82. The van der Waals surface area contributed by atoms with Crippen molar-refractivity contribution in [1.29, 1.82) is 0 Å². The Labute approximate surface area is 185 Å². The summed E-state index contributed by atoms with van der Waals surface area (Å²) in [6.07, 6.45) is -2.83. The number of rotatable bonds is 4. The summed E-state index contributed by atoms with van der Waals surface area (Å²) in [5.41, 5.74) is 3.28. The molecule has 1 fully saturated rings. The van der Waals surface area contributed by atoms with Crippen LogP contribution in [0.15, 0.2) is 59.2 Å². The Hall–Kier alpha value is -2.44. The van der Waals surface area contributed by atoms with Crippen LogP contribution in [-0.2, 0) is 12.7 Å². The molecule has 31 heavy (non-hydrogen) atoms. The first-order chi connectivity index (χ1) is 14.7. The third kappa shape index (κ3) is 4.75. The summed E-state index contributed by atoms with van der Waals surface area (Å²) in [5.74, 6) is 0.869. The van der Waals surface area contributed by atoms with Crippen LogP contribution in [0.4, 0.5) is 18.9 Å². The minimum atomic E-state index is -4.48. The van der Waals surface area contributed by atoms with Gasteiger partial charge in [0.1, 0.15) is 5.76 Å². The fraction of sp³-hybridized carbons (Fsp3) is 0.333. The highest BCUT2D eigenvalue weighted by atomic mass is 35.5. The molecular weight excluding hydrogens is 425 g/mol. The molecule has 1 aliphatic rings. The lowest BCUT2D eigenvalue weighted by Crippen LogP contribution is -2.48. The van der Waals surface area contributed by atoms with Crippen molar-refractivity contribution in [3.8, 4) is 0 Å². The van der Waals surface area contributed by atoms with Gasteiger partial charge in [-0.05, 0) is 60.9 Å². The molecule has 1 unspecified atom stereocenters. The Morgan fingerprint density at radius 1 is 1.03 bits per heavy atom. The highest BCUT2D eigenvalue weighted by Gasteiger charge is 2.35. The molecule has 7 heteroatoms. The van der Waals surface area contributed by atoms with Crippen LogP contribution in [0.3, 0.4) is 0 Å². The topological polar surface area (TPSA) is 19.6 Å². The van der Waals surface area contributed by atoms with Gasteiger partial charge in [-0.15, -0.1) is 0 Å². The molecule has 0 aliphatic carbocycles. The third-order valence-corrected chi connectivity index (χ3v) is 6.30. The van der Waals surface area contributed by atoms with Gasteiger partial charge in [0.15, 0.2) is 0 Å². The van der Waals surface area contributed by atoms with Gasteiger partial charge in [0, 0.05) is 25.3 Å². The zero-order valence-corrected chi connectivity index (χ0v) is 18.2. The fourth-order valence-electron chi connectivity index (χ4n) is 4.06. The summed E-state index contributed by atoms with van der Waals surface area (Å²) in [6.45, 7) is 6.67. The monoisotopic (exact) mass is 448 g/mol. The molecule has 1 saturated heterocycles. The van der Waals surface area contributed by atoms with Gasteiger partial charge in [-0.25, -0.2) is 0 Å². The molecule has 4 rings (SSSR count). The van der Waals surface area contributed by atoms with Crippen molar-refractivity contribution < 1.29 is 17.6 Å². The number of piperazine rings is 1.